The Morgan fingerprint density at radius 2 is 1.92 bits per heavy atom. The molecule has 144 valence electrons. The summed E-state index contributed by atoms with van der Waals surface area (Å²) in [5, 5.41) is 12.7. The molecule has 0 spiro atoms. The number of hydrogen-bond donors (Lipinski definition) is 1. The average Bonchev–Trinajstić information content (AvgIpc) is 3.31. The second kappa shape index (κ2) is 7.43. The molecule has 7 heteroatoms. The molecule has 0 aromatic carbocycles. The van der Waals surface area contributed by atoms with E-state index in [0.29, 0.717) is 24.9 Å². The highest BCUT2D eigenvalue weighted by Crippen LogP contribution is 2.45. The van der Waals surface area contributed by atoms with Crippen LogP contribution >= 0.6 is 0 Å². The number of likely N-dealkylation sites (tertiary alicyclic amines) is 2. The summed E-state index contributed by atoms with van der Waals surface area (Å²) in [5.41, 5.74) is -0.0138. The first-order valence-corrected chi connectivity index (χ1v) is 9.79. The maximum atomic E-state index is 12.5. The SMILES string of the molecule is CCC1(NCC(=O)N2CCCC2C#N)CC2CN(C(=O)N(C)C)CC2C1. The van der Waals surface area contributed by atoms with Gasteiger partial charge in [0.05, 0.1) is 12.6 Å². The first-order valence-electron chi connectivity index (χ1n) is 9.79. The van der Waals surface area contributed by atoms with Gasteiger partial charge in [0, 0.05) is 39.3 Å². The summed E-state index contributed by atoms with van der Waals surface area (Å²) in [6.07, 6.45) is 4.72. The van der Waals surface area contributed by atoms with Gasteiger partial charge in [-0.3, -0.25) is 4.79 Å². The largest absolute Gasteiger partial charge is 0.331 e. The zero-order chi connectivity index (χ0) is 18.9. The van der Waals surface area contributed by atoms with Crippen LogP contribution in [0.3, 0.4) is 0 Å². The van der Waals surface area contributed by atoms with Crippen LogP contribution in [0.5, 0.6) is 0 Å². The molecule has 1 N–H and O–H groups in total. The van der Waals surface area contributed by atoms with Crippen LogP contribution in [0.4, 0.5) is 4.79 Å². The molecule has 2 saturated heterocycles. The third-order valence-electron chi connectivity index (χ3n) is 6.55. The number of nitrogens with one attached hydrogen (secondary N) is 1. The first-order chi connectivity index (χ1) is 12.4. The number of nitrogens with zero attached hydrogens (tertiary/aromatic N) is 4. The van der Waals surface area contributed by atoms with Gasteiger partial charge in [-0.25, -0.2) is 4.79 Å². The van der Waals surface area contributed by atoms with E-state index in [-0.39, 0.29) is 23.5 Å². The van der Waals surface area contributed by atoms with E-state index >= 15 is 0 Å². The summed E-state index contributed by atoms with van der Waals surface area (Å²) in [5.74, 6) is 1.07. The third kappa shape index (κ3) is 3.52. The number of amides is 3. The molecule has 3 fully saturated rings. The minimum Gasteiger partial charge on any atom is -0.331 e. The van der Waals surface area contributed by atoms with Gasteiger partial charge in [-0.05, 0) is 43.9 Å². The van der Waals surface area contributed by atoms with E-state index in [1.165, 1.54) is 0 Å². The third-order valence-corrected chi connectivity index (χ3v) is 6.55. The molecule has 0 bridgehead atoms. The van der Waals surface area contributed by atoms with Gasteiger partial charge in [0.15, 0.2) is 0 Å². The molecule has 3 atom stereocenters. The van der Waals surface area contributed by atoms with Crippen LogP contribution in [0.2, 0.25) is 0 Å². The monoisotopic (exact) mass is 361 g/mol. The fourth-order valence-corrected chi connectivity index (χ4v) is 5.05. The number of fused-ring (bicyclic) bond motifs is 1. The molecule has 1 saturated carbocycles. The average molecular weight is 361 g/mol. The summed E-state index contributed by atoms with van der Waals surface area (Å²) < 4.78 is 0. The second-order valence-corrected chi connectivity index (χ2v) is 8.37. The summed E-state index contributed by atoms with van der Waals surface area (Å²) in [4.78, 5) is 30.1. The van der Waals surface area contributed by atoms with Crippen molar-refractivity contribution >= 4 is 11.9 Å². The van der Waals surface area contributed by atoms with Crippen molar-refractivity contribution in [1.82, 2.24) is 20.0 Å². The molecule has 7 nitrogen and oxygen atoms in total. The van der Waals surface area contributed by atoms with E-state index in [1.54, 1.807) is 23.9 Å². The molecule has 0 aromatic heterocycles. The Morgan fingerprint density at radius 1 is 1.27 bits per heavy atom. The Balaban J connectivity index is 1.55. The van der Waals surface area contributed by atoms with Crippen molar-refractivity contribution in [2.75, 3.05) is 40.3 Å². The maximum Gasteiger partial charge on any atom is 0.319 e. The fourth-order valence-electron chi connectivity index (χ4n) is 5.05. The second-order valence-electron chi connectivity index (χ2n) is 8.37. The molecule has 3 aliphatic rings. The highest BCUT2D eigenvalue weighted by molar-refractivity contribution is 5.79. The maximum absolute atomic E-state index is 12.5. The van der Waals surface area contributed by atoms with Crippen molar-refractivity contribution in [2.45, 2.75) is 50.6 Å². The van der Waals surface area contributed by atoms with Crippen LogP contribution in [-0.4, -0.2) is 78.5 Å². The van der Waals surface area contributed by atoms with Crippen molar-refractivity contribution in [3.05, 3.63) is 0 Å². The number of carbonyl (C=O) groups excluding carboxylic acids is 2. The number of carbonyl (C=O) groups is 2. The summed E-state index contributed by atoms with van der Waals surface area (Å²) >= 11 is 0. The molecule has 0 aromatic rings. The van der Waals surface area contributed by atoms with Gasteiger partial charge in [-0.2, -0.15) is 5.26 Å². The molecule has 0 radical (unpaired) electrons. The summed E-state index contributed by atoms with van der Waals surface area (Å²) in [6.45, 7) is 4.83. The lowest BCUT2D eigenvalue weighted by Gasteiger charge is -2.33. The first kappa shape index (κ1) is 19.0. The number of rotatable bonds is 4. The Hall–Kier alpha value is -1.81. The van der Waals surface area contributed by atoms with Crippen LogP contribution in [0, 0.1) is 23.2 Å². The van der Waals surface area contributed by atoms with Crippen LogP contribution in [0.25, 0.3) is 0 Å². The predicted molar refractivity (Wildman–Crippen MR) is 98.2 cm³/mol. The lowest BCUT2D eigenvalue weighted by molar-refractivity contribution is -0.130. The molecular formula is C19H31N5O2. The normalized spacial score (nSPS) is 33.2. The molecule has 3 unspecified atom stereocenters. The molecule has 26 heavy (non-hydrogen) atoms. The van der Waals surface area contributed by atoms with Gasteiger partial charge in [0.1, 0.15) is 6.04 Å². The summed E-state index contributed by atoms with van der Waals surface area (Å²) in [7, 11) is 3.60. The molecule has 2 heterocycles. The van der Waals surface area contributed by atoms with E-state index in [1.807, 2.05) is 4.90 Å². The van der Waals surface area contributed by atoms with Crippen molar-refractivity contribution in [3.63, 3.8) is 0 Å². The van der Waals surface area contributed by atoms with E-state index in [4.69, 9.17) is 0 Å². The van der Waals surface area contributed by atoms with E-state index in [0.717, 1.165) is 45.2 Å². The molecule has 1 aliphatic carbocycles. The van der Waals surface area contributed by atoms with Crippen molar-refractivity contribution < 1.29 is 9.59 Å². The van der Waals surface area contributed by atoms with Gasteiger partial charge < -0.3 is 20.0 Å². The van der Waals surface area contributed by atoms with Crippen LogP contribution < -0.4 is 5.32 Å². The quantitative estimate of drug-likeness (QED) is 0.818. The fraction of sp³-hybridized carbons (Fsp3) is 0.842. The number of nitriles is 1. The standard InChI is InChI=1S/C19H31N5O2/c1-4-19(21-11-17(25)24-7-5-6-16(24)10-20)8-14-12-23(13-15(14)9-19)18(26)22(2)3/h14-16,21H,4-9,11-13H2,1-3H3. The van der Waals surface area contributed by atoms with Gasteiger partial charge in [0.25, 0.3) is 0 Å². The van der Waals surface area contributed by atoms with Gasteiger partial charge in [0.2, 0.25) is 5.91 Å². The zero-order valence-corrected chi connectivity index (χ0v) is 16.2. The molecular weight excluding hydrogens is 330 g/mol. The van der Waals surface area contributed by atoms with Crippen LogP contribution in [0.1, 0.15) is 39.0 Å². The topological polar surface area (TPSA) is 79.7 Å². The highest BCUT2D eigenvalue weighted by Gasteiger charge is 2.49. The molecule has 3 rings (SSSR count). The summed E-state index contributed by atoms with van der Waals surface area (Å²) in [6, 6.07) is 2.08. The lowest BCUT2D eigenvalue weighted by atomic mass is 9.92. The number of urea groups is 1. The molecule has 2 aliphatic heterocycles. The Kier molecular flexibility index (Phi) is 5.42. The van der Waals surface area contributed by atoms with E-state index < -0.39 is 0 Å². The van der Waals surface area contributed by atoms with Crippen molar-refractivity contribution in [1.29, 1.82) is 5.26 Å². The lowest BCUT2D eigenvalue weighted by Crippen LogP contribution is -2.50. The minimum absolute atomic E-state index is 0.0138. The van der Waals surface area contributed by atoms with Gasteiger partial charge >= 0.3 is 6.03 Å². The Morgan fingerprint density at radius 3 is 2.46 bits per heavy atom. The van der Waals surface area contributed by atoms with Crippen molar-refractivity contribution in [3.8, 4) is 6.07 Å². The zero-order valence-electron chi connectivity index (χ0n) is 16.2. The van der Waals surface area contributed by atoms with Gasteiger partial charge in [-0.15, -0.1) is 0 Å². The highest BCUT2D eigenvalue weighted by atomic mass is 16.2. The Labute approximate surface area is 156 Å². The predicted octanol–water partition coefficient (Wildman–Crippen LogP) is 1.26. The van der Waals surface area contributed by atoms with Gasteiger partial charge in [-0.1, -0.05) is 6.92 Å². The van der Waals surface area contributed by atoms with Crippen LogP contribution in [-0.2, 0) is 4.79 Å². The van der Waals surface area contributed by atoms with E-state index in [2.05, 4.69) is 18.3 Å². The van der Waals surface area contributed by atoms with Crippen molar-refractivity contribution in [2.24, 2.45) is 11.8 Å². The smallest absolute Gasteiger partial charge is 0.319 e. The molecule has 3 amide bonds. The number of hydrogen-bond acceptors (Lipinski definition) is 4. The van der Waals surface area contributed by atoms with Crippen LogP contribution in [0.15, 0.2) is 0 Å². The Bertz CT molecular complexity index is 585. The van der Waals surface area contributed by atoms with E-state index in [9.17, 15) is 14.9 Å². The minimum atomic E-state index is -0.254.